The minimum atomic E-state index is -4.53. The lowest BCUT2D eigenvalue weighted by Crippen LogP contribution is -2.44. The smallest absolute Gasteiger partial charge is 0.331 e. The van der Waals surface area contributed by atoms with Gasteiger partial charge in [-0.05, 0) is 42.0 Å². The summed E-state index contributed by atoms with van der Waals surface area (Å²) in [5.41, 5.74) is 4.70. The molecule has 27 heavy (non-hydrogen) atoms. The molecule has 1 aliphatic heterocycles. The van der Waals surface area contributed by atoms with Crippen molar-refractivity contribution in [3.8, 4) is 0 Å². The van der Waals surface area contributed by atoms with E-state index in [1.807, 2.05) is 20.8 Å². The van der Waals surface area contributed by atoms with Crippen LogP contribution in [0.15, 0.2) is 18.2 Å². The number of hydrogen-bond donors (Lipinski definition) is 2. The van der Waals surface area contributed by atoms with Crippen LogP contribution in [-0.4, -0.2) is 29.3 Å². The van der Waals surface area contributed by atoms with Crippen molar-refractivity contribution < 1.29 is 22.8 Å². The molecule has 5 nitrogen and oxygen atoms in total. The molecule has 0 bridgehead atoms. The lowest BCUT2D eigenvalue weighted by Gasteiger charge is -2.27. The van der Waals surface area contributed by atoms with E-state index >= 15 is 0 Å². The van der Waals surface area contributed by atoms with Crippen LogP contribution in [0.2, 0.25) is 0 Å². The van der Waals surface area contributed by atoms with Crippen molar-refractivity contribution >= 4 is 17.5 Å². The molecule has 2 rings (SSSR count). The van der Waals surface area contributed by atoms with Crippen LogP contribution in [0.1, 0.15) is 51.2 Å². The van der Waals surface area contributed by atoms with Crippen LogP contribution < -0.4 is 11.1 Å². The van der Waals surface area contributed by atoms with Crippen molar-refractivity contribution in [2.75, 3.05) is 11.9 Å². The van der Waals surface area contributed by atoms with E-state index in [0.717, 1.165) is 12.1 Å². The third kappa shape index (κ3) is 5.69. The minimum Gasteiger partial charge on any atom is -0.331 e. The number of benzene rings is 1. The summed E-state index contributed by atoms with van der Waals surface area (Å²) in [6.45, 7) is 6.21. The Hall–Kier alpha value is -2.09. The van der Waals surface area contributed by atoms with Gasteiger partial charge in [0.15, 0.2) is 0 Å². The van der Waals surface area contributed by atoms with Gasteiger partial charge in [-0.3, -0.25) is 9.59 Å². The van der Waals surface area contributed by atoms with Crippen molar-refractivity contribution in [1.29, 1.82) is 0 Å². The summed E-state index contributed by atoms with van der Waals surface area (Å²) in [7, 11) is 0. The van der Waals surface area contributed by atoms with E-state index in [4.69, 9.17) is 5.73 Å². The zero-order valence-corrected chi connectivity index (χ0v) is 15.8. The molecule has 1 unspecified atom stereocenters. The Labute approximate surface area is 157 Å². The molecule has 1 atom stereocenters. The van der Waals surface area contributed by atoms with Crippen molar-refractivity contribution in [2.45, 2.75) is 58.8 Å². The monoisotopic (exact) mass is 385 g/mol. The van der Waals surface area contributed by atoms with Crippen LogP contribution >= 0.6 is 0 Å². The molecular formula is C19H26F3N3O2. The Morgan fingerprint density at radius 3 is 2.44 bits per heavy atom. The molecule has 8 heteroatoms. The summed E-state index contributed by atoms with van der Waals surface area (Å²) in [6.07, 6.45) is -3.06. The normalized spacial score (nSPS) is 17.9. The van der Waals surface area contributed by atoms with Gasteiger partial charge in [0.25, 0.3) is 0 Å². The number of carbonyl (C=O) groups is 2. The molecule has 1 aliphatic rings. The molecule has 0 saturated carbocycles. The SMILES string of the molecule is CC(C)(C)CC(=O)N1CCCC1C(=O)Nc1cc(CN)cc(C(F)(F)F)c1. The van der Waals surface area contributed by atoms with Crippen LogP contribution in [0, 0.1) is 5.41 Å². The van der Waals surface area contributed by atoms with Gasteiger partial charge >= 0.3 is 6.18 Å². The Kier molecular flexibility index (Phi) is 6.19. The van der Waals surface area contributed by atoms with E-state index in [-0.39, 0.29) is 29.1 Å². The van der Waals surface area contributed by atoms with Gasteiger partial charge in [-0.25, -0.2) is 0 Å². The Balaban J connectivity index is 2.17. The molecule has 0 aromatic heterocycles. The minimum absolute atomic E-state index is 0.0328. The Morgan fingerprint density at radius 1 is 1.22 bits per heavy atom. The summed E-state index contributed by atoms with van der Waals surface area (Å²) in [5, 5.41) is 2.53. The van der Waals surface area contributed by atoms with E-state index in [2.05, 4.69) is 5.32 Å². The van der Waals surface area contributed by atoms with Crippen molar-refractivity contribution in [2.24, 2.45) is 11.1 Å². The van der Waals surface area contributed by atoms with Crippen molar-refractivity contribution in [3.63, 3.8) is 0 Å². The number of nitrogens with two attached hydrogens (primary N) is 1. The van der Waals surface area contributed by atoms with Crippen LogP contribution in [0.25, 0.3) is 0 Å². The third-order valence-corrected chi connectivity index (χ3v) is 4.38. The number of alkyl halides is 3. The quantitative estimate of drug-likeness (QED) is 0.833. The first-order valence-electron chi connectivity index (χ1n) is 8.92. The topological polar surface area (TPSA) is 75.4 Å². The first-order valence-corrected chi connectivity index (χ1v) is 8.92. The number of amides is 2. The predicted octanol–water partition coefficient (Wildman–Crippen LogP) is 3.53. The predicted molar refractivity (Wildman–Crippen MR) is 96.8 cm³/mol. The lowest BCUT2D eigenvalue weighted by molar-refractivity contribution is -0.138. The summed E-state index contributed by atoms with van der Waals surface area (Å²) >= 11 is 0. The molecule has 1 aromatic rings. The lowest BCUT2D eigenvalue weighted by atomic mass is 9.91. The maximum Gasteiger partial charge on any atom is 0.416 e. The first-order chi connectivity index (χ1) is 12.4. The number of hydrogen-bond acceptors (Lipinski definition) is 3. The maximum atomic E-state index is 13.0. The maximum absolute atomic E-state index is 13.0. The fourth-order valence-corrected chi connectivity index (χ4v) is 3.16. The number of anilines is 1. The van der Waals surface area contributed by atoms with Gasteiger partial charge in [0.1, 0.15) is 6.04 Å². The van der Waals surface area contributed by atoms with Crippen molar-refractivity contribution in [1.82, 2.24) is 4.90 Å². The second-order valence-electron chi connectivity index (χ2n) is 8.09. The standard InChI is InChI=1S/C19H26F3N3O2/c1-18(2,3)10-16(26)25-6-4-5-15(25)17(27)24-14-8-12(11-23)7-13(9-14)19(20,21)22/h7-9,15H,4-6,10-11,23H2,1-3H3,(H,24,27). The molecule has 150 valence electrons. The van der Waals surface area contributed by atoms with E-state index < -0.39 is 23.7 Å². The second kappa shape index (κ2) is 7.88. The Morgan fingerprint density at radius 2 is 1.89 bits per heavy atom. The zero-order chi connectivity index (χ0) is 20.4. The number of halogens is 3. The molecule has 1 saturated heterocycles. The van der Waals surface area contributed by atoms with Gasteiger partial charge in [-0.2, -0.15) is 13.2 Å². The van der Waals surface area contributed by atoms with E-state index in [1.54, 1.807) is 0 Å². The van der Waals surface area contributed by atoms with E-state index in [1.165, 1.54) is 11.0 Å². The highest BCUT2D eigenvalue weighted by molar-refractivity contribution is 5.97. The van der Waals surface area contributed by atoms with E-state index in [9.17, 15) is 22.8 Å². The van der Waals surface area contributed by atoms with Gasteiger partial charge in [0.2, 0.25) is 11.8 Å². The van der Waals surface area contributed by atoms with Crippen molar-refractivity contribution in [3.05, 3.63) is 29.3 Å². The third-order valence-electron chi connectivity index (χ3n) is 4.38. The molecule has 0 aliphatic carbocycles. The van der Waals surface area contributed by atoms with Gasteiger partial charge in [-0.1, -0.05) is 20.8 Å². The van der Waals surface area contributed by atoms with Gasteiger partial charge < -0.3 is 16.0 Å². The van der Waals surface area contributed by atoms with Crippen LogP contribution in [0.3, 0.4) is 0 Å². The average molecular weight is 385 g/mol. The number of carbonyl (C=O) groups excluding carboxylic acids is 2. The highest BCUT2D eigenvalue weighted by atomic mass is 19.4. The van der Waals surface area contributed by atoms with Gasteiger partial charge in [0, 0.05) is 25.2 Å². The Bertz CT molecular complexity index is 711. The van der Waals surface area contributed by atoms with Crippen LogP contribution in [0.5, 0.6) is 0 Å². The summed E-state index contributed by atoms with van der Waals surface area (Å²) < 4.78 is 39.1. The molecule has 3 N–H and O–H groups in total. The van der Waals surface area contributed by atoms with Crippen LogP contribution in [0.4, 0.5) is 18.9 Å². The first kappa shape index (κ1) is 21.2. The second-order valence-corrected chi connectivity index (χ2v) is 8.09. The molecule has 0 radical (unpaired) electrons. The fourth-order valence-electron chi connectivity index (χ4n) is 3.16. The van der Waals surface area contributed by atoms with Crippen LogP contribution in [-0.2, 0) is 22.3 Å². The van der Waals surface area contributed by atoms with E-state index in [0.29, 0.717) is 25.8 Å². The highest BCUT2D eigenvalue weighted by Crippen LogP contribution is 2.32. The molecule has 1 aromatic carbocycles. The summed E-state index contributed by atoms with van der Waals surface area (Å²) in [6, 6.07) is 2.59. The molecule has 1 heterocycles. The molecule has 0 spiro atoms. The van der Waals surface area contributed by atoms with Gasteiger partial charge in [-0.15, -0.1) is 0 Å². The average Bonchev–Trinajstić information content (AvgIpc) is 3.02. The fraction of sp³-hybridized carbons (Fsp3) is 0.579. The number of likely N-dealkylation sites (tertiary alicyclic amines) is 1. The number of rotatable bonds is 4. The highest BCUT2D eigenvalue weighted by Gasteiger charge is 2.36. The summed E-state index contributed by atoms with van der Waals surface area (Å²) in [5.74, 6) is -0.594. The summed E-state index contributed by atoms with van der Waals surface area (Å²) in [4.78, 5) is 26.7. The number of nitrogens with zero attached hydrogens (tertiary/aromatic N) is 1. The largest absolute Gasteiger partial charge is 0.416 e. The molecule has 1 fully saturated rings. The molecular weight excluding hydrogens is 359 g/mol. The number of nitrogens with one attached hydrogen (secondary N) is 1. The zero-order valence-electron chi connectivity index (χ0n) is 15.8. The molecule has 2 amide bonds. The van der Waals surface area contributed by atoms with Gasteiger partial charge in [0.05, 0.1) is 5.56 Å².